The van der Waals surface area contributed by atoms with E-state index in [1.54, 1.807) is 12.1 Å². The van der Waals surface area contributed by atoms with Gasteiger partial charge in [-0.3, -0.25) is 10.9 Å². The topological polar surface area (TPSA) is 61.4 Å². The number of hydrazine groups is 1. The molecule has 1 fully saturated rings. The van der Waals surface area contributed by atoms with Crippen molar-refractivity contribution in [1.29, 1.82) is 0 Å². The molecule has 1 aliphatic rings. The largest absolute Gasteiger partial charge is 0.254 e. The fourth-order valence-electron chi connectivity index (χ4n) is 3.26. The van der Waals surface area contributed by atoms with Gasteiger partial charge in [0.1, 0.15) is 16.5 Å². The van der Waals surface area contributed by atoms with E-state index in [2.05, 4.69) is 10.9 Å². The lowest BCUT2D eigenvalue weighted by molar-refractivity contribution is 0.425. The second kappa shape index (κ2) is 8.84. The Labute approximate surface area is 168 Å². The maximum Gasteiger partial charge on any atom is 0.245 e. The molecule has 9 heteroatoms. The summed E-state index contributed by atoms with van der Waals surface area (Å²) in [6.07, 6.45) is 2.17. The van der Waals surface area contributed by atoms with Crippen LogP contribution in [0, 0.1) is 11.6 Å². The third-order valence-electron chi connectivity index (χ3n) is 4.86. The number of benzene rings is 2. The van der Waals surface area contributed by atoms with Gasteiger partial charge in [-0.05, 0) is 55.2 Å². The van der Waals surface area contributed by atoms with E-state index in [0.717, 1.165) is 28.8 Å². The Hall–Kier alpha value is -1.58. The van der Waals surface area contributed by atoms with Crippen molar-refractivity contribution in [3.05, 3.63) is 64.7 Å². The second-order valence-corrected chi connectivity index (χ2v) is 9.32. The first-order valence-electron chi connectivity index (χ1n) is 8.95. The van der Waals surface area contributed by atoms with E-state index in [4.69, 9.17) is 11.6 Å². The molecule has 2 aromatic carbocycles. The van der Waals surface area contributed by atoms with Gasteiger partial charge in [0.25, 0.3) is 0 Å². The molecule has 152 valence electrons. The van der Waals surface area contributed by atoms with Gasteiger partial charge in [-0.15, -0.1) is 0 Å². The van der Waals surface area contributed by atoms with Crippen molar-refractivity contribution in [1.82, 2.24) is 15.2 Å². The van der Waals surface area contributed by atoms with Crippen LogP contribution >= 0.6 is 11.6 Å². The fraction of sp³-hybridized carbons (Fsp3) is 0.368. The van der Waals surface area contributed by atoms with Crippen LogP contribution in [-0.4, -0.2) is 32.4 Å². The summed E-state index contributed by atoms with van der Waals surface area (Å²) in [5.74, 6) is -1.13. The lowest BCUT2D eigenvalue weighted by Gasteiger charge is -2.18. The average Bonchev–Trinajstić information content (AvgIpc) is 3.10. The molecule has 1 saturated heterocycles. The third kappa shape index (κ3) is 4.87. The highest BCUT2D eigenvalue weighted by atomic mass is 35.5. The van der Waals surface area contributed by atoms with Gasteiger partial charge < -0.3 is 0 Å². The normalized spacial score (nSPS) is 20.0. The molecular formula is C19H22ClF2N3O2S. The predicted octanol–water partition coefficient (Wildman–Crippen LogP) is 3.63. The first kappa shape index (κ1) is 21.1. The maximum absolute atomic E-state index is 14.0. The number of hydrogen-bond acceptors (Lipinski definition) is 4. The van der Waals surface area contributed by atoms with E-state index >= 15 is 0 Å². The molecule has 0 radical (unpaired) electrons. The lowest BCUT2D eigenvalue weighted by atomic mass is 10.00. The van der Waals surface area contributed by atoms with E-state index in [1.165, 1.54) is 31.3 Å². The zero-order valence-electron chi connectivity index (χ0n) is 15.3. The van der Waals surface area contributed by atoms with Crippen LogP contribution in [0.2, 0.25) is 5.02 Å². The van der Waals surface area contributed by atoms with Gasteiger partial charge in [0.05, 0.1) is 0 Å². The molecule has 5 nitrogen and oxygen atoms in total. The molecule has 28 heavy (non-hydrogen) atoms. The smallest absolute Gasteiger partial charge is 0.245 e. The minimum Gasteiger partial charge on any atom is -0.254 e. The molecule has 0 aliphatic carbocycles. The molecule has 0 spiro atoms. The number of sulfonamides is 1. The highest BCUT2D eigenvalue weighted by Crippen LogP contribution is 2.25. The number of halogens is 3. The van der Waals surface area contributed by atoms with Crippen LogP contribution in [0.25, 0.3) is 0 Å². The number of hydrogen-bond donors (Lipinski definition) is 2. The molecule has 3 rings (SSSR count). The Morgan fingerprint density at radius 1 is 1.14 bits per heavy atom. The zero-order valence-corrected chi connectivity index (χ0v) is 16.9. The fourth-order valence-corrected chi connectivity index (χ4v) is 4.67. The Morgan fingerprint density at radius 3 is 2.54 bits per heavy atom. The summed E-state index contributed by atoms with van der Waals surface area (Å²) in [6, 6.07) is 10.1. The van der Waals surface area contributed by atoms with Crippen molar-refractivity contribution in [2.75, 3.05) is 13.6 Å². The van der Waals surface area contributed by atoms with Crippen molar-refractivity contribution in [3.8, 4) is 0 Å². The molecule has 2 N–H and O–H groups in total. The molecule has 2 aromatic rings. The van der Waals surface area contributed by atoms with Gasteiger partial charge in [-0.1, -0.05) is 23.7 Å². The van der Waals surface area contributed by atoms with Crippen LogP contribution in [0.4, 0.5) is 8.78 Å². The maximum atomic E-state index is 14.0. The monoisotopic (exact) mass is 429 g/mol. The third-order valence-corrected chi connectivity index (χ3v) is 6.99. The van der Waals surface area contributed by atoms with E-state index in [-0.39, 0.29) is 34.4 Å². The number of nitrogens with one attached hydrogen (secondary N) is 2. The van der Waals surface area contributed by atoms with Gasteiger partial charge >= 0.3 is 0 Å². The summed E-state index contributed by atoms with van der Waals surface area (Å²) in [5, 5.41) is 0.148. The summed E-state index contributed by atoms with van der Waals surface area (Å²) in [7, 11) is -2.48. The number of rotatable bonds is 7. The Kier molecular flexibility index (Phi) is 6.67. The highest BCUT2D eigenvalue weighted by molar-refractivity contribution is 7.89. The molecule has 0 saturated carbocycles. The van der Waals surface area contributed by atoms with Crippen LogP contribution in [-0.2, 0) is 10.0 Å². The zero-order chi connectivity index (χ0) is 20.3. The molecule has 1 heterocycles. The minimum atomic E-state index is -3.91. The average molecular weight is 430 g/mol. The van der Waals surface area contributed by atoms with Crippen molar-refractivity contribution in [2.45, 2.75) is 36.2 Å². The van der Waals surface area contributed by atoms with Gasteiger partial charge in [0, 0.05) is 30.7 Å². The summed E-state index contributed by atoms with van der Waals surface area (Å²) in [6.45, 7) is 0.268. The van der Waals surface area contributed by atoms with Crippen LogP contribution in [0.1, 0.15) is 30.9 Å². The van der Waals surface area contributed by atoms with Crippen LogP contribution in [0.3, 0.4) is 0 Å². The van der Waals surface area contributed by atoms with Gasteiger partial charge in [0.2, 0.25) is 10.0 Å². The van der Waals surface area contributed by atoms with Crippen molar-refractivity contribution in [2.24, 2.45) is 0 Å². The molecule has 0 bridgehead atoms. The lowest BCUT2D eigenvalue weighted by Crippen LogP contribution is -2.32. The van der Waals surface area contributed by atoms with E-state index < -0.39 is 15.8 Å². The molecule has 0 amide bonds. The van der Waals surface area contributed by atoms with Crippen molar-refractivity contribution < 1.29 is 17.2 Å². The molecule has 1 aliphatic heterocycles. The summed E-state index contributed by atoms with van der Waals surface area (Å²) >= 11 is 5.69. The SMILES string of the molecule is CN(CCCC1CC(c2ccc(F)cc2)NN1)S(=O)(=O)c1ccc(Cl)cc1F. The Balaban J connectivity index is 1.51. The van der Waals surface area contributed by atoms with Crippen molar-refractivity contribution >= 4 is 21.6 Å². The van der Waals surface area contributed by atoms with Crippen LogP contribution in [0.15, 0.2) is 47.4 Å². The first-order chi connectivity index (χ1) is 13.3. The van der Waals surface area contributed by atoms with E-state index in [1.807, 2.05) is 0 Å². The van der Waals surface area contributed by atoms with Crippen LogP contribution < -0.4 is 10.9 Å². The molecule has 2 atom stereocenters. The second-order valence-electron chi connectivity index (χ2n) is 6.87. The predicted molar refractivity (Wildman–Crippen MR) is 104 cm³/mol. The summed E-state index contributed by atoms with van der Waals surface area (Å²) in [4.78, 5) is -0.378. The minimum absolute atomic E-state index is 0.0789. The Morgan fingerprint density at radius 2 is 1.86 bits per heavy atom. The van der Waals surface area contributed by atoms with Gasteiger partial charge in [0.15, 0.2) is 0 Å². The number of nitrogens with zero attached hydrogens (tertiary/aromatic N) is 1. The van der Waals surface area contributed by atoms with E-state index in [0.29, 0.717) is 6.42 Å². The molecular weight excluding hydrogens is 408 g/mol. The van der Waals surface area contributed by atoms with Crippen molar-refractivity contribution in [3.63, 3.8) is 0 Å². The van der Waals surface area contributed by atoms with E-state index in [9.17, 15) is 17.2 Å². The summed E-state index contributed by atoms with van der Waals surface area (Å²) in [5.41, 5.74) is 7.37. The Bertz CT molecular complexity index is 925. The summed E-state index contributed by atoms with van der Waals surface area (Å²) < 4.78 is 53.2. The first-order valence-corrected chi connectivity index (χ1v) is 10.8. The highest BCUT2D eigenvalue weighted by Gasteiger charge is 2.27. The van der Waals surface area contributed by atoms with Crippen LogP contribution in [0.5, 0.6) is 0 Å². The standard InChI is InChI=1S/C19H22ClF2N3O2S/c1-25(28(26,27)19-9-6-14(20)11-17(19)22)10-2-3-16-12-18(24-23-16)13-4-7-15(21)8-5-13/h4-9,11,16,18,23-24H,2-3,10,12H2,1H3. The van der Waals surface area contributed by atoms with Gasteiger partial charge in [-0.25, -0.2) is 21.5 Å². The molecule has 2 unspecified atom stereocenters. The van der Waals surface area contributed by atoms with Gasteiger partial charge in [-0.2, -0.15) is 0 Å². The quantitative estimate of drug-likeness (QED) is 0.705. The molecule has 0 aromatic heterocycles.